The molecule has 1 aliphatic rings. The number of carbonyl (C=O) groups is 1. The maximum atomic E-state index is 13.4. The molecule has 0 aliphatic carbocycles. The van der Waals surface area contributed by atoms with Gasteiger partial charge in [-0.1, -0.05) is 11.3 Å². The number of halogens is 1. The second-order valence-corrected chi connectivity index (χ2v) is 6.36. The largest absolute Gasteiger partial charge is 0.494 e. The number of fused-ring (bicyclic) bond motifs is 1. The number of nitrogens with one attached hydrogen (secondary N) is 1. The molecule has 0 bridgehead atoms. The molecule has 0 radical (unpaired) electrons. The van der Waals surface area contributed by atoms with Crippen LogP contribution in [0.1, 0.15) is 5.69 Å². The van der Waals surface area contributed by atoms with Gasteiger partial charge in [0.1, 0.15) is 31.1 Å². The quantitative estimate of drug-likeness (QED) is 0.777. The lowest BCUT2D eigenvalue weighted by Crippen LogP contribution is -2.22. The lowest BCUT2D eigenvalue weighted by Gasteiger charge is -2.15. The Bertz CT molecular complexity index is 995. The van der Waals surface area contributed by atoms with E-state index in [4.69, 9.17) is 9.47 Å². The molecule has 25 heavy (non-hydrogen) atoms. The molecule has 0 fully saturated rings. The number of aryl methyl sites for hydroxylation is 1. The van der Waals surface area contributed by atoms with E-state index in [9.17, 15) is 9.18 Å². The van der Waals surface area contributed by atoms with Gasteiger partial charge in [-0.2, -0.15) is 9.78 Å². The zero-order valence-corrected chi connectivity index (χ0v) is 14.0. The summed E-state index contributed by atoms with van der Waals surface area (Å²) < 4.78 is 26.0. The molecular formula is C16H13FN4O3S. The minimum absolute atomic E-state index is 0.100. The maximum absolute atomic E-state index is 13.4. The van der Waals surface area contributed by atoms with Crippen molar-refractivity contribution < 1.29 is 18.7 Å². The molecule has 0 unspecified atom stereocenters. The molecule has 7 nitrogen and oxygen atoms in total. The number of rotatable bonds is 3. The van der Waals surface area contributed by atoms with E-state index in [1.807, 2.05) is 0 Å². The molecule has 0 spiro atoms. The highest BCUT2D eigenvalue weighted by Crippen LogP contribution is 2.28. The van der Waals surface area contributed by atoms with Crippen LogP contribution < -0.4 is 5.32 Å². The number of thiazole rings is 1. The van der Waals surface area contributed by atoms with Gasteiger partial charge in [-0.05, 0) is 25.1 Å². The standard InChI is InChI=1S/C16H13FN4O3S/c1-9-6-14(19-15(22)12-8-23-4-5-24-12)21(20-9)16-18-11-3-2-10(17)7-13(11)25-16/h2-3,6-8H,4-5H2,1H3,(H,19,22). The van der Waals surface area contributed by atoms with Gasteiger partial charge in [-0.3, -0.25) is 4.79 Å². The van der Waals surface area contributed by atoms with Crippen molar-refractivity contribution >= 4 is 33.3 Å². The van der Waals surface area contributed by atoms with Crippen LogP contribution in [0.2, 0.25) is 0 Å². The van der Waals surface area contributed by atoms with Gasteiger partial charge in [0, 0.05) is 6.07 Å². The molecule has 2 aromatic heterocycles. The molecule has 1 aliphatic heterocycles. The number of hydrogen-bond acceptors (Lipinski definition) is 6. The number of nitrogens with zero attached hydrogens (tertiary/aromatic N) is 3. The third kappa shape index (κ3) is 3.05. The molecule has 3 aromatic rings. The number of carbonyl (C=O) groups excluding carboxylic acids is 1. The molecule has 3 heterocycles. The Morgan fingerprint density at radius 2 is 2.24 bits per heavy atom. The molecule has 9 heteroatoms. The number of amides is 1. The lowest BCUT2D eigenvalue weighted by atomic mass is 10.3. The van der Waals surface area contributed by atoms with Gasteiger partial charge < -0.3 is 14.8 Å². The molecule has 0 saturated heterocycles. The van der Waals surface area contributed by atoms with Crippen LogP contribution in [0.4, 0.5) is 10.2 Å². The fourth-order valence-corrected chi connectivity index (χ4v) is 3.33. The molecule has 0 saturated carbocycles. The SMILES string of the molecule is Cc1cc(NC(=O)C2=COCCO2)n(-c2nc3ccc(F)cc3s2)n1. The van der Waals surface area contributed by atoms with Crippen LogP contribution in [-0.2, 0) is 14.3 Å². The second kappa shape index (κ2) is 6.17. The van der Waals surface area contributed by atoms with Crippen molar-refractivity contribution in [1.82, 2.24) is 14.8 Å². The fourth-order valence-electron chi connectivity index (χ4n) is 2.38. The first-order chi connectivity index (χ1) is 12.1. The summed E-state index contributed by atoms with van der Waals surface area (Å²) in [5.41, 5.74) is 1.37. The van der Waals surface area contributed by atoms with Crippen LogP contribution in [0.3, 0.4) is 0 Å². The molecule has 1 aromatic carbocycles. The minimum atomic E-state index is -0.437. The average molecular weight is 360 g/mol. The molecular weight excluding hydrogens is 347 g/mol. The van der Waals surface area contributed by atoms with E-state index in [-0.39, 0.29) is 11.6 Å². The minimum Gasteiger partial charge on any atom is -0.494 e. The van der Waals surface area contributed by atoms with Crippen LogP contribution >= 0.6 is 11.3 Å². The number of aromatic nitrogens is 3. The Morgan fingerprint density at radius 1 is 1.36 bits per heavy atom. The van der Waals surface area contributed by atoms with Crippen LogP contribution in [0.5, 0.6) is 0 Å². The van der Waals surface area contributed by atoms with Crippen molar-refractivity contribution in [2.45, 2.75) is 6.92 Å². The molecule has 4 rings (SSSR count). The Balaban J connectivity index is 1.68. The Hall–Kier alpha value is -2.94. The van der Waals surface area contributed by atoms with Gasteiger partial charge in [0.15, 0.2) is 0 Å². The Labute approximate surface area is 145 Å². The van der Waals surface area contributed by atoms with Crippen molar-refractivity contribution in [3.8, 4) is 5.13 Å². The van der Waals surface area contributed by atoms with E-state index in [0.717, 1.165) is 0 Å². The molecule has 128 valence electrons. The van der Waals surface area contributed by atoms with E-state index in [1.54, 1.807) is 19.1 Å². The predicted molar refractivity (Wildman–Crippen MR) is 90.1 cm³/mol. The molecule has 0 atom stereocenters. The van der Waals surface area contributed by atoms with Gasteiger partial charge in [0.05, 0.1) is 15.9 Å². The molecule has 1 amide bonds. The smallest absolute Gasteiger partial charge is 0.295 e. The predicted octanol–water partition coefficient (Wildman–Crippen LogP) is 2.76. The zero-order chi connectivity index (χ0) is 17.4. The van der Waals surface area contributed by atoms with E-state index < -0.39 is 5.91 Å². The summed E-state index contributed by atoms with van der Waals surface area (Å²) in [6.45, 7) is 2.54. The Morgan fingerprint density at radius 3 is 3.04 bits per heavy atom. The number of benzene rings is 1. The van der Waals surface area contributed by atoms with Gasteiger partial charge >= 0.3 is 0 Å². The highest BCUT2D eigenvalue weighted by Gasteiger charge is 2.19. The summed E-state index contributed by atoms with van der Waals surface area (Å²) in [4.78, 5) is 16.7. The first-order valence-corrected chi connectivity index (χ1v) is 8.31. The van der Waals surface area contributed by atoms with Crippen molar-refractivity contribution in [1.29, 1.82) is 0 Å². The van der Waals surface area contributed by atoms with Gasteiger partial charge in [-0.15, -0.1) is 0 Å². The topological polar surface area (TPSA) is 78.3 Å². The molecule has 1 N–H and O–H groups in total. The van der Waals surface area contributed by atoms with Crippen molar-refractivity contribution in [2.75, 3.05) is 18.5 Å². The summed E-state index contributed by atoms with van der Waals surface area (Å²) in [6, 6.07) is 6.10. The summed E-state index contributed by atoms with van der Waals surface area (Å²) in [5, 5.41) is 7.62. The van der Waals surface area contributed by atoms with E-state index in [2.05, 4.69) is 15.4 Å². The average Bonchev–Trinajstić information content (AvgIpc) is 3.18. The van der Waals surface area contributed by atoms with Gasteiger partial charge in [-0.25, -0.2) is 9.37 Å². The highest BCUT2D eigenvalue weighted by atomic mass is 32.1. The first-order valence-electron chi connectivity index (χ1n) is 7.49. The maximum Gasteiger partial charge on any atom is 0.295 e. The summed E-state index contributed by atoms with van der Waals surface area (Å²) >= 11 is 1.28. The van der Waals surface area contributed by atoms with Crippen LogP contribution in [0.15, 0.2) is 36.3 Å². The van der Waals surface area contributed by atoms with Crippen molar-refractivity contribution in [3.05, 3.63) is 47.8 Å². The van der Waals surface area contributed by atoms with Crippen LogP contribution in [0.25, 0.3) is 15.3 Å². The lowest BCUT2D eigenvalue weighted by molar-refractivity contribution is -0.117. The number of ether oxygens (including phenoxy) is 2. The Kier molecular flexibility index (Phi) is 3.85. The first kappa shape index (κ1) is 15.6. The van der Waals surface area contributed by atoms with Crippen molar-refractivity contribution in [2.24, 2.45) is 0 Å². The van der Waals surface area contributed by atoms with Crippen molar-refractivity contribution in [3.63, 3.8) is 0 Å². The summed E-state index contributed by atoms with van der Waals surface area (Å²) in [6.07, 6.45) is 1.28. The third-order valence-electron chi connectivity index (χ3n) is 3.47. The fraction of sp³-hybridized carbons (Fsp3) is 0.188. The number of anilines is 1. The van der Waals surface area contributed by atoms with E-state index in [1.165, 1.54) is 34.4 Å². The van der Waals surface area contributed by atoms with E-state index >= 15 is 0 Å². The summed E-state index contributed by atoms with van der Waals surface area (Å²) in [7, 11) is 0. The van der Waals surface area contributed by atoms with E-state index in [0.29, 0.717) is 40.1 Å². The highest BCUT2D eigenvalue weighted by molar-refractivity contribution is 7.20. The van der Waals surface area contributed by atoms with Gasteiger partial charge in [0.25, 0.3) is 5.91 Å². The zero-order valence-electron chi connectivity index (χ0n) is 13.2. The third-order valence-corrected chi connectivity index (χ3v) is 4.46. The monoisotopic (exact) mass is 360 g/mol. The van der Waals surface area contributed by atoms with Gasteiger partial charge in [0.2, 0.25) is 10.9 Å². The normalized spacial score (nSPS) is 13.9. The van der Waals surface area contributed by atoms with Crippen LogP contribution in [-0.4, -0.2) is 33.9 Å². The second-order valence-electron chi connectivity index (χ2n) is 5.35. The summed E-state index contributed by atoms with van der Waals surface area (Å²) in [5.74, 6) is -0.220. The number of hydrogen-bond donors (Lipinski definition) is 1. The van der Waals surface area contributed by atoms with Crippen LogP contribution in [0, 0.1) is 12.7 Å².